The lowest BCUT2D eigenvalue weighted by atomic mass is 9.84. The van der Waals surface area contributed by atoms with Crippen LogP contribution in [-0.4, -0.2) is 41.6 Å². The lowest BCUT2D eigenvalue weighted by molar-refractivity contribution is -0.142. The highest BCUT2D eigenvalue weighted by Gasteiger charge is 2.57. The van der Waals surface area contributed by atoms with Gasteiger partial charge in [0.25, 0.3) is 0 Å². The summed E-state index contributed by atoms with van der Waals surface area (Å²) in [7, 11) is -3.63. The molecular formula is C9H15NO4S. The average Bonchev–Trinajstić information content (AvgIpc) is 2.50. The van der Waals surface area contributed by atoms with E-state index in [4.69, 9.17) is 5.11 Å². The molecule has 1 saturated heterocycles. The quantitative estimate of drug-likeness (QED) is 0.766. The van der Waals surface area contributed by atoms with Crippen LogP contribution < -0.4 is 0 Å². The van der Waals surface area contributed by atoms with Gasteiger partial charge in [0.2, 0.25) is 10.0 Å². The van der Waals surface area contributed by atoms with Gasteiger partial charge in [0.1, 0.15) is 0 Å². The van der Waals surface area contributed by atoms with Gasteiger partial charge in [-0.2, -0.15) is 0 Å². The van der Waals surface area contributed by atoms with Crippen molar-refractivity contribution in [3.8, 4) is 0 Å². The predicted molar refractivity (Wildman–Crippen MR) is 53.9 cm³/mol. The number of sulfonamides is 1. The molecule has 2 fully saturated rings. The third-order valence-electron chi connectivity index (χ3n) is 3.45. The Kier molecular flexibility index (Phi) is 2.50. The maximum atomic E-state index is 12.1. The molecule has 2 aliphatic rings. The molecule has 1 heterocycles. The van der Waals surface area contributed by atoms with Crippen LogP contribution in [0.15, 0.2) is 0 Å². The Morgan fingerprint density at radius 3 is 2.00 bits per heavy atom. The monoisotopic (exact) mass is 233 g/mol. The number of carboxylic acid groups (broad SMARTS) is 1. The average molecular weight is 233 g/mol. The zero-order valence-corrected chi connectivity index (χ0v) is 9.29. The maximum Gasteiger partial charge on any atom is 0.326 e. The van der Waals surface area contributed by atoms with Gasteiger partial charge in [0.15, 0.2) is 4.75 Å². The molecule has 86 valence electrons. The zero-order valence-electron chi connectivity index (χ0n) is 8.48. The molecule has 6 heteroatoms. The first-order valence-corrected chi connectivity index (χ1v) is 6.68. The van der Waals surface area contributed by atoms with Gasteiger partial charge in [-0.3, -0.25) is 4.79 Å². The van der Waals surface area contributed by atoms with E-state index in [0.717, 1.165) is 12.8 Å². The molecule has 1 aliphatic carbocycles. The number of hydrogen-bond donors (Lipinski definition) is 1. The van der Waals surface area contributed by atoms with Crippen LogP contribution in [-0.2, 0) is 14.8 Å². The van der Waals surface area contributed by atoms with Gasteiger partial charge in [-0.15, -0.1) is 0 Å². The minimum Gasteiger partial charge on any atom is -0.480 e. The molecule has 1 aliphatic heterocycles. The number of hydrogen-bond acceptors (Lipinski definition) is 3. The Balaban J connectivity index is 2.31. The summed E-state index contributed by atoms with van der Waals surface area (Å²) in [6.07, 6.45) is 2.91. The van der Waals surface area contributed by atoms with Gasteiger partial charge in [-0.05, 0) is 32.1 Å². The third-order valence-corrected chi connectivity index (χ3v) is 6.07. The first-order valence-electron chi connectivity index (χ1n) is 5.24. The zero-order chi connectivity index (χ0) is 11.1. The van der Waals surface area contributed by atoms with Crippen molar-refractivity contribution in [2.75, 3.05) is 13.1 Å². The normalized spacial score (nSPS) is 26.1. The molecule has 0 aromatic rings. The first-order chi connectivity index (χ1) is 7.01. The van der Waals surface area contributed by atoms with Crippen LogP contribution in [0.25, 0.3) is 0 Å². The second-order valence-corrected chi connectivity index (χ2v) is 6.51. The molecule has 0 aromatic carbocycles. The second-order valence-electron chi connectivity index (χ2n) is 4.26. The van der Waals surface area contributed by atoms with E-state index in [9.17, 15) is 13.2 Å². The Labute approximate surface area is 89.1 Å². The fourth-order valence-corrected chi connectivity index (χ4v) is 4.51. The van der Waals surface area contributed by atoms with E-state index in [2.05, 4.69) is 0 Å². The van der Waals surface area contributed by atoms with E-state index >= 15 is 0 Å². The lowest BCUT2D eigenvalue weighted by Gasteiger charge is -2.39. The third kappa shape index (κ3) is 1.38. The summed E-state index contributed by atoms with van der Waals surface area (Å²) in [5.74, 6) is -1.18. The van der Waals surface area contributed by atoms with Crippen molar-refractivity contribution in [3.05, 3.63) is 0 Å². The molecule has 1 N–H and O–H groups in total. The molecule has 0 atom stereocenters. The van der Waals surface area contributed by atoms with Crippen molar-refractivity contribution in [3.63, 3.8) is 0 Å². The Bertz CT molecular complexity index is 366. The largest absolute Gasteiger partial charge is 0.480 e. The summed E-state index contributed by atoms with van der Waals surface area (Å²) in [5, 5.41) is 9.07. The standard InChI is InChI=1S/C9H15NO4S/c11-8(12)9(4-3-5-9)15(13,14)10-6-1-2-7-10/h1-7H2,(H,11,12). The number of carbonyl (C=O) groups is 1. The van der Waals surface area contributed by atoms with E-state index in [-0.39, 0.29) is 12.8 Å². The number of nitrogens with zero attached hydrogens (tertiary/aromatic N) is 1. The van der Waals surface area contributed by atoms with Crippen LogP contribution in [0, 0.1) is 0 Å². The Hall–Kier alpha value is -0.620. The van der Waals surface area contributed by atoms with E-state index in [1.165, 1.54) is 4.31 Å². The predicted octanol–water partition coefficient (Wildman–Crippen LogP) is 0.419. The SMILES string of the molecule is O=C(O)C1(S(=O)(=O)N2CCCC2)CCC1. The molecular weight excluding hydrogens is 218 g/mol. The van der Waals surface area contributed by atoms with Gasteiger partial charge in [-0.25, -0.2) is 12.7 Å². The summed E-state index contributed by atoms with van der Waals surface area (Å²) in [6.45, 7) is 0.967. The van der Waals surface area contributed by atoms with Crippen LogP contribution in [0.1, 0.15) is 32.1 Å². The van der Waals surface area contributed by atoms with E-state index in [1.807, 2.05) is 0 Å². The van der Waals surface area contributed by atoms with Crippen molar-refractivity contribution in [2.24, 2.45) is 0 Å². The molecule has 0 aromatic heterocycles. The maximum absolute atomic E-state index is 12.1. The van der Waals surface area contributed by atoms with Gasteiger partial charge in [0.05, 0.1) is 0 Å². The summed E-state index contributed by atoms with van der Waals surface area (Å²) in [4.78, 5) is 11.1. The Morgan fingerprint density at radius 2 is 1.67 bits per heavy atom. The van der Waals surface area contributed by atoms with Crippen LogP contribution in [0.3, 0.4) is 0 Å². The fourth-order valence-electron chi connectivity index (χ4n) is 2.26. The van der Waals surface area contributed by atoms with Gasteiger partial charge < -0.3 is 5.11 Å². The van der Waals surface area contributed by atoms with Crippen LogP contribution >= 0.6 is 0 Å². The molecule has 0 radical (unpaired) electrons. The summed E-state index contributed by atoms with van der Waals surface area (Å²) in [5.41, 5.74) is 0. The van der Waals surface area contributed by atoms with Gasteiger partial charge in [-0.1, -0.05) is 0 Å². The molecule has 0 amide bonds. The topological polar surface area (TPSA) is 74.7 Å². The number of carboxylic acids is 1. The fraction of sp³-hybridized carbons (Fsp3) is 0.889. The highest BCUT2D eigenvalue weighted by atomic mass is 32.2. The van der Waals surface area contributed by atoms with E-state index in [1.54, 1.807) is 0 Å². The molecule has 2 rings (SSSR count). The van der Waals surface area contributed by atoms with Crippen LogP contribution in [0.4, 0.5) is 0 Å². The van der Waals surface area contributed by atoms with Crippen LogP contribution in [0.2, 0.25) is 0 Å². The first kappa shape index (κ1) is 10.9. The minimum absolute atomic E-state index is 0.265. The summed E-state index contributed by atoms with van der Waals surface area (Å²) >= 11 is 0. The summed E-state index contributed by atoms with van der Waals surface area (Å²) < 4.78 is 24.1. The van der Waals surface area contributed by atoms with Crippen molar-refractivity contribution in [1.29, 1.82) is 0 Å². The van der Waals surface area contributed by atoms with Gasteiger partial charge >= 0.3 is 5.97 Å². The number of aliphatic carboxylic acids is 1. The second kappa shape index (κ2) is 3.45. The van der Waals surface area contributed by atoms with Crippen molar-refractivity contribution in [2.45, 2.75) is 36.9 Å². The molecule has 5 nitrogen and oxygen atoms in total. The molecule has 0 spiro atoms. The van der Waals surface area contributed by atoms with Crippen LogP contribution in [0.5, 0.6) is 0 Å². The number of rotatable bonds is 3. The molecule has 0 bridgehead atoms. The highest BCUT2D eigenvalue weighted by Crippen LogP contribution is 2.42. The smallest absolute Gasteiger partial charge is 0.326 e. The van der Waals surface area contributed by atoms with Crippen molar-refractivity contribution in [1.82, 2.24) is 4.31 Å². The Morgan fingerprint density at radius 1 is 1.13 bits per heavy atom. The molecule has 15 heavy (non-hydrogen) atoms. The van der Waals surface area contributed by atoms with Crippen molar-refractivity contribution < 1.29 is 18.3 Å². The molecule has 1 saturated carbocycles. The minimum atomic E-state index is -3.63. The molecule has 0 unspecified atom stereocenters. The van der Waals surface area contributed by atoms with Crippen molar-refractivity contribution >= 4 is 16.0 Å². The lowest BCUT2D eigenvalue weighted by Crippen LogP contribution is -2.57. The highest BCUT2D eigenvalue weighted by molar-refractivity contribution is 7.91. The van der Waals surface area contributed by atoms with E-state index in [0.29, 0.717) is 19.5 Å². The summed E-state index contributed by atoms with van der Waals surface area (Å²) in [6, 6.07) is 0. The van der Waals surface area contributed by atoms with E-state index < -0.39 is 20.7 Å². The van der Waals surface area contributed by atoms with Gasteiger partial charge in [0, 0.05) is 13.1 Å².